The van der Waals surface area contributed by atoms with E-state index in [1.54, 1.807) is 0 Å². The SMILES string of the molecule is c1ccc(CN(Cc2ccccc2)c2cccnc2)cc1. The molecule has 0 unspecified atom stereocenters. The zero-order chi connectivity index (χ0) is 14.3. The van der Waals surface area contributed by atoms with Crippen LogP contribution in [-0.4, -0.2) is 4.98 Å². The molecule has 0 amide bonds. The second-order valence-electron chi connectivity index (χ2n) is 5.04. The van der Waals surface area contributed by atoms with Gasteiger partial charge in [0.15, 0.2) is 0 Å². The van der Waals surface area contributed by atoms with Crippen LogP contribution in [0.3, 0.4) is 0 Å². The average Bonchev–Trinajstić information content (AvgIpc) is 2.57. The van der Waals surface area contributed by atoms with Crippen LogP contribution in [-0.2, 0) is 13.1 Å². The second-order valence-corrected chi connectivity index (χ2v) is 5.04. The summed E-state index contributed by atoms with van der Waals surface area (Å²) in [4.78, 5) is 6.59. The van der Waals surface area contributed by atoms with Crippen molar-refractivity contribution in [1.29, 1.82) is 0 Å². The molecule has 2 nitrogen and oxygen atoms in total. The molecule has 0 radical (unpaired) electrons. The van der Waals surface area contributed by atoms with Crippen LogP contribution in [0.5, 0.6) is 0 Å². The highest BCUT2D eigenvalue weighted by Crippen LogP contribution is 2.18. The number of pyridine rings is 1. The van der Waals surface area contributed by atoms with Crippen LogP contribution in [0.25, 0.3) is 0 Å². The van der Waals surface area contributed by atoms with Gasteiger partial charge in [0.25, 0.3) is 0 Å². The van der Waals surface area contributed by atoms with E-state index in [9.17, 15) is 0 Å². The number of hydrogen-bond acceptors (Lipinski definition) is 2. The summed E-state index contributed by atoms with van der Waals surface area (Å²) in [7, 11) is 0. The Morgan fingerprint density at radius 1 is 0.667 bits per heavy atom. The van der Waals surface area contributed by atoms with E-state index in [0.29, 0.717) is 0 Å². The lowest BCUT2D eigenvalue weighted by molar-refractivity contribution is 0.797. The quantitative estimate of drug-likeness (QED) is 0.690. The highest BCUT2D eigenvalue weighted by Gasteiger charge is 2.08. The molecule has 104 valence electrons. The molecule has 3 aromatic rings. The van der Waals surface area contributed by atoms with Crippen molar-refractivity contribution in [2.75, 3.05) is 4.90 Å². The third-order valence-corrected chi connectivity index (χ3v) is 3.44. The molecule has 0 saturated heterocycles. The molecule has 1 heterocycles. The maximum absolute atomic E-state index is 4.25. The number of anilines is 1. The molecular formula is C19H18N2. The topological polar surface area (TPSA) is 16.1 Å². The van der Waals surface area contributed by atoms with Gasteiger partial charge in [-0.1, -0.05) is 60.7 Å². The van der Waals surface area contributed by atoms with Crippen molar-refractivity contribution < 1.29 is 0 Å². The fraction of sp³-hybridized carbons (Fsp3) is 0.105. The number of benzene rings is 2. The number of nitrogens with zero attached hydrogens (tertiary/aromatic N) is 2. The molecule has 1 aromatic heterocycles. The van der Waals surface area contributed by atoms with Crippen LogP contribution in [0.2, 0.25) is 0 Å². The van der Waals surface area contributed by atoms with Gasteiger partial charge >= 0.3 is 0 Å². The van der Waals surface area contributed by atoms with E-state index in [0.717, 1.165) is 18.8 Å². The van der Waals surface area contributed by atoms with Crippen LogP contribution < -0.4 is 4.90 Å². The molecule has 0 aliphatic heterocycles. The Morgan fingerprint density at radius 3 is 1.71 bits per heavy atom. The Morgan fingerprint density at radius 2 is 1.24 bits per heavy atom. The van der Waals surface area contributed by atoms with Crippen LogP contribution in [0.1, 0.15) is 11.1 Å². The van der Waals surface area contributed by atoms with Gasteiger partial charge in [-0.15, -0.1) is 0 Å². The standard InChI is InChI=1S/C19H18N2/c1-3-8-17(9-4-1)15-21(19-12-7-13-20-14-19)16-18-10-5-2-6-11-18/h1-14H,15-16H2. The molecule has 0 spiro atoms. The number of aromatic nitrogens is 1. The van der Waals surface area contributed by atoms with Gasteiger partial charge in [0, 0.05) is 19.3 Å². The maximum atomic E-state index is 4.25. The lowest BCUT2D eigenvalue weighted by Crippen LogP contribution is -2.22. The normalized spacial score (nSPS) is 10.3. The number of rotatable bonds is 5. The Balaban J connectivity index is 1.84. The number of hydrogen-bond donors (Lipinski definition) is 0. The summed E-state index contributed by atoms with van der Waals surface area (Å²) >= 11 is 0. The van der Waals surface area contributed by atoms with Gasteiger partial charge in [0.2, 0.25) is 0 Å². The third kappa shape index (κ3) is 3.69. The van der Waals surface area contributed by atoms with E-state index in [4.69, 9.17) is 0 Å². The summed E-state index contributed by atoms with van der Waals surface area (Å²) in [6.07, 6.45) is 3.73. The van der Waals surface area contributed by atoms with E-state index >= 15 is 0 Å². The van der Waals surface area contributed by atoms with Gasteiger partial charge in [0.05, 0.1) is 11.9 Å². The molecule has 21 heavy (non-hydrogen) atoms. The van der Waals surface area contributed by atoms with Crippen molar-refractivity contribution in [3.63, 3.8) is 0 Å². The summed E-state index contributed by atoms with van der Waals surface area (Å²) in [6.45, 7) is 1.75. The van der Waals surface area contributed by atoms with E-state index in [-0.39, 0.29) is 0 Å². The van der Waals surface area contributed by atoms with Gasteiger partial charge in [-0.3, -0.25) is 4.98 Å². The van der Waals surface area contributed by atoms with Crippen molar-refractivity contribution in [3.05, 3.63) is 96.3 Å². The molecule has 0 aliphatic rings. The van der Waals surface area contributed by atoms with E-state index in [1.807, 2.05) is 18.5 Å². The Bertz CT molecular complexity index is 609. The van der Waals surface area contributed by atoms with Gasteiger partial charge in [-0.25, -0.2) is 0 Å². The fourth-order valence-electron chi connectivity index (χ4n) is 2.39. The summed E-state index contributed by atoms with van der Waals surface area (Å²) in [5.74, 6) is 0. The minimum Gasteiger partial charge on any atom is -0.362 e. The smallest absolute Gasteiger partial charge is 0.0558 e. The van der Waals surface area contributed by atoms with Gasteiger partial charge in [-0.2, -0.15) is 0 Å². The van der Waals surface area contributed by atoms with Crippen molar-refractivity contribution in [3.8, 4) is 0 Å². The molecule has 0 N–H and O–H groups in total. The predicted octanol–water partition coefficient (Wildman–Crippen LogP) is 4.29. The molecule has 0 saturated carbocycles. The van der Waals surface area contributed by atoms with Crippen LogP contribution in [0.4, 0.5) is 5.69 Å². The Hall–Kier alpha value is -2.61. The minimum atomic E-state index is 0.876. The van der Waals surface area contributed by atoms with Crippen molar-refractivity contribution in [2.45, 2.75) is 13.1 Å². The maximum Gasteiger partial charge on any atom is 0.0558 e. The second kappa shape index (κ2) is 6.71. The van der Waals surface area contributed by atoms with Gasteiger partial charge in [0.1, 0.15) is 0 Å². The van der Waals surface area contributed by atoms with Crippen molar-refractivity contribution >= 4 is 5.69 Å². The monoisotopic (exact) mass is 274 g/mol. The van der Waals surface area contributed by atoms with Crippen LogP contribution in [0, 0.1) is 0 Å². The summed E-state index contributed by atoms with van der Waals surface area (Å²) in [6, 6.07) is 25.2. The van der Waals surface area contributed by atoms with E-state index < -0.39 is 0 Å². The van der Waals surface area contributed by atoms with Gasteiger partial charge in [-0.05, 0) is 23.3 Å². The van der Waals surface area contributed by atoms with E-state index in [2.05, 4.69) is 76.6 Å². The van der Waals surface area contributed by atoms with Crippen molar-refractivity contribution in [2.24, 2.45) is 0 Å². The molecule has 0 aliphatic carbocycles. The predicted molar refractivity (Wildman–Crippen MR) is 87.0 cm³/mol. The highest BCUT2D eigenvalue weighted by molar-refractivity contribution is 5.45. The summed E-state index contributed by atoms with van der Waals surface area (Å²) in [5.41, 5.74) is 3.75. The molecule has 2 heteroatoms. The minimum absolute atomic E-state index is 0.876. The first-order chi connectivity index (χ1) is 10.4. The summed E-state index contributed by atoms with van der Waals surface area (Å²) < 4.78 is 0. The largest absolute Gasteiger partial charge is 0.362 e. The zero-order valence-corrected chi connectivity index (χ0v) is 11.9. The molecule has 0 bridgehead atoms. The van der Waals surface area contributed by atoms with Crippen LogP contribution in [0.15, 0.2) is 85.2 Å². The lowest BCUT2D eigenvalue weighted by Gasteiger charge is -2.24. The molecule has 3 rings (SSSR count). The highest BCUT2D eigenvalue weighted by atomic mass is 15.1. The zero-order valence-electron chi connectivity index (χ0n) is 11.9. The van der Waals surface area contributed by atoms with Gasteiger partial charge < -0.3 is 4.90 Å². The molecule has 0 atom stereocenters. The first-order valence-corrected chi connectivity index (χ1v) is 7.14. The Kier molecular flexibility index (Phi) is 4.27. The first kappa shape index (κ1) is 13.4. The van der Waals surface area contributed by atoms with E-state index in [1.165, 1.54) is 11.1 Å². The third-order valence-electron chi connectivity index (χ3n) is 3.44. The average molecular weight is 274 g/mol. The lowest BCUT2D eigenvalue weighted by atomic mass is 10.1. The molecule has 2 aromatic carbocycles. The summed E-state index contributed by atoms with van der Waals surface area (Å²) in [5, 5.41) is 0. The van der Waals surface area contributed by atoms with Crippen molar-refractivity contribution in [1.82, 2.24) is 4.98 Å². The Labute approximate surface area is 125 Å². The van der Waals surface area contributed by atoms with Crippen LogP contribution >= 0.6 is 0 Å². The fourth-order valence-corrected chi connectivity index (χ4v) is 2.39. The molecule has 0 fully saturated rings. The first-order valence-electron chi connectivity index (χ1n) is 7.14. The molecular weight excluding hydrogens is 256 g/mol.